The van der Waals surface area contributed by atoms with Gasteiger partial charge in [-0.3, -0.25) is 14.7 Å². The molecular formula is C25H23N5O2S. The van der Waals surface area contributed by atoms with Gasteiger partial charge in [-0.05, 0) is 24.6 Å². The fraction of sp³-hybridized carbons (Fsp3) is 0.120. The van der Waals surface area contributed by atoms with E-state index in [9.17, 15) is 9.59 Å². The van der Waals surface area contributed by atoms with Gasteiger partial charge in [0.2, 0.25) is 11.1 Å². The van der Waals surface area contributed by atoms with Gasteiger partial charge in [0.05, 0.1) is 23.0 Å². The summed E-state index contributed by atoms with van der Waals surface area (Å²) in [6, 6.07) is 26.1. The third kappa shape index (κ3) is 5.87. The van der Waals surface area contributed by atoms with Crippen LogP contribution in [-0.2, 0) is 4.79 Å². The minimum absolute atomic E-state index is 0.114. The van der Waals surface area contributed by atoms with Crippen molar-refractivity contribution in [3.05, 3.63) is 96.1 Å². The predicted molar refractivity (Wildman–Crippen MR) is 130 cm³/mol. The molecule has 1 atom stereocenters. The summed E-state index contributed by atoms with van der Waals surface area (Å²) in [6.07, 6.45) is 0. The van der Waals surface area contributed by atoms with Crippen molar-refractivity contribution in [2.75, 3.05) is 11.1 Å². The molecule has 3 N–H and O–H groups in total. The Kier molecular flexibility index (Phi) is 7.16. The Labute approximate surface area is 196 Å². The molecule has 0 bridgehead atoms. The molecule has 166 valence electrons. The lowest BCUT2D eigenvalue weighted by Crippen LogP contribution is -2.28. The monoisotopic (exact) mass is 457 g/mol. The maximum atomic E-state index is 12.9. The van der Waals surface area contributed by atoms with Crippen LogP contribution < -0.4 is 10.6 Å². The van der Waals surface area contributed by atoms with E-state index in [2.05, 4.69) is 25.8 Å². The van der Waals surface area contributed by atoms with E-state index in [-0.39, 0.29) is 23.6 Å². The fourth-order valence-corrected chi connectivity index (χ4v) is 3.84. The predicted octanol–water partition coefficient (Wildman–Crippen LogP) is 4.69. The molecule has 0 aliphatic heterocycles. The third-order valence-electron chi connectivity index (χ3n) is 4.94. The lowest BCUT2D eigenvalue weighted by Gasteiger charge is -2.16. The molecule has 7 nitrogen and oxygen atoms in total. The van der Waals surface area contributed by atoms with Crippen LogP contribution in [0.4, 0.5) is 5.69 Å². The number of H-pyrrole nitrogens is 1. The summed E-state index contributed by atoms with van der Waals surface area (Å²) in [7, 11) is 0. The minimum atomic E-state index is -0.253. The number of amides is 2. The number of aromatic nitrogens is 3. The number of thioether (sulfide) groups is 1. The van der Waals surface area contributed by atoms with Gasteiger partial charge in [-0.25, -0.2) is 4.98 Å². The first-order chi connectivity index (χ1) is 16.1. The summed E-state index contributed by atoms with van der Waals surface area (Å²) in [6.45, 7) is 1.92. The molecule has 0 fully saturated rings. The van der Waals surface area contributed by atoms with Crippen LogP contribution >= 0.6 is 11.8 Å². The molecule has 2 amide bonds. The molecule has 33 heavy (non-hydrogen) atoms. The highest BCUT2D eigenvalue weighted by Gasteiger charge is 2.16. The standard InChI is InChI=1S/C25H23N5O2S/c1-17(18-10-4-2-5-11-18)26-24(32)20-14-8-9-15-21(20)27-22(31)16-33-25-28-23(29-30-25)19-12-6-3-7-13-19/h2-15,17H,16H2,1H3,(H,26,32)(H,27,31)(H,28,29,30). The molecule has 3 aromatic carbocycles. The van der Waals surface area contributed by atoms with Crippen LogP contribution in [0, 0.1) is 0 Å². The van der Waals surface area contributed by atoms with Crippen LogP contribution in [0.15, 0.2) is 90.1 Å². The molecule has 0 saturated heterocycles. The Balaban J connectivity index is 1.36. The lowest BCUT2D eigenvalue weighted by atomic mass is 10.1. The van der Waals surface area contributed by atoms with Crippen LogP contribution in [0.5, 0.6) is 0 Å². The topological polar surface area (TPSA) is 99.8 Å². The Hall–Kier alpha value is -3.91. The minimum Gasteiger partial charge on any atom is -0.345 e. The number of anilines is 1. The smallest absolute Gasteiger partial charge is 0.253 e. The first-order valence-electron chi connectivity index (χ1n) is 10.5. The lowest BCUT2D eigenvalue weighted by molar-refractivity contribution is -0.113. The van der Waals surface area contributed by atoms with Crippen LogP contribution in [0.2, 0.25) is 0 Å². The number of para-hydroxylation sites is 1. The van der Waals surface area contributed by atoms with Crippen molar-refractivity contribution in [3.8, 4) is 11.4 Å². The number of hydrogen-bond acceptors (Lipinski definition) is 5. The van der Waals surface area contributed by atoms with E-state index < -0.39 is 0 Å². The average molecular weight is 458 g/mol. The summed E-state index contributed by atoms with van der Waals surface area (Å²) in [4.78, 5) is 29.8. The second-order valence-corrected chi connectivity index (χ2v) is 8.26. The molecule has 0 aliphatic rings. The number of aromatic amines is 1. The van der Waals surface area contributed by atoms with E-state index in [1.807, 2.05) is 67.6 Å². The summed E-state index contributed by atoms with van der Waals surface area (Å²) < 4.78 is 0. The van der Waals surface area contributed by atoms with Gasteiger partial charge in [-0.2, -0.15) is 0 Å². The average Bonchev–Trinajstić information content (AvgIpc) is 3.33. The highest BCUT2D eigenvalue weighted by molar-refractivity contribution is 7.99. The first-order valence-corrected chi connectivity index (χ1v) is 11.4. The molecule has 0 aliphatic carbocycles. The summed E-state index contributed by atoms with van der Waals surface area (Å²) in [5, 5.41) is 13.3. The zero-order valence-electron chi connectivity index (χ0n) is 18.0. The van der Waals surface area contributed by atoms with E-state index in [0.29, 0.717) is 22.2 Å². The van der Waals surface area contributed by atoms with Crippen LogP contribution in [-0.4, -0.2) is 32.7 Å². The number of carbonyl (C=O) groups is 2. The van der Waals surface area contributed by atoms with Crippen LogP contribution in [0.1, 0.15) is 28.9 Å². The molecular weight excluding hydrogens is 434 g/mol. The second-order valence-electron chi connectivity index (χ2n) is 7.32. The third-order valence-corrected chi connectivity index (χ3v) is 5.78. The van der Waals surface area contributed by atoms with Gasteiger partial charge in [-0.15, -0.1) is 5.10 Å². The largest absolute Gasteiger partial charge is 0.345 e. The highest BCUT2D eigenvalue weighted by atomic mass is 32.2. The molecule has 4 aromatic rings. The number of hydrogen-bond donors (Lipinski definition) is 3. The van der Waals surface area contributed by atoms with Crippen molar-refractivity contribution in [2.45, 2.75) is 18.1 Å². The zero-order chi connectivity index (χ0) is 23.0. The summed E-state index contributed by atoms with van der Waals surface area (Å²) in [5.74, 6) is 0.259. The Bertz CT molecular complexity index is 1230. The number of benzene rings is 3. The van der Waals surface area contributed by atoms with Crippen LogP contribution in [0.25, 0.3) is 11.4 Å². The SMILES string of the molecule is CC(NC(=O)c1ccccc1NC(=O)CSc1n[nH]c(-c2ccccc2)n1)c1ccccc1. The molecule has 1 aromatic heterocycles. The van der Waals surface area contributed by atoms with Crippen molar-refractivity contribution in [3.63, 3.8) is 0 Å². The van der Waals surface area contributed by atoms with Gasteiger partial charge in [0.15, 0.2) is 5.82 Å². The normalized spacial score (nSPS) is 11.5. The molecule has 4 rings (SSSR count). The Morgan fingerprint density at radius 3 is 2.36 bits per heavy atom. The van der Waals surface area contributed by atoms with Gasteiger partial charge in [0.1, 0.15) is 0 Å². The van der Waals surface area contributed by atoms with Crippen molar-refractivity contribution in [2.24, 2.45) is 0 Å². The molecule has 0 spiro atoms. The highest BCUT2D eigenvalue weighted by Crippen LogP contribution is 2.21. The Morgan fingerprint density at radius 2 is 1.61 bits per heavy atom. The van der Waals surface area contributed by atoms with E-state index in [1.165, 1.54) is 11.8 Å². The first kappa shape index (κ1) is 22.3. The maximum absolute atomic E-state index is 12.9. The summed E-state index contributed by atoms with van der Waals surface area (Å²) in [5.41, 5.74) is 2.79. The maximum Gasteiger partial charge on any atom is 0.253 e. The number of nitrogens with zero attached hydrogens (tertiary/aromatic N) is 2. The Morgan fingerprint density at radius 1 is 0.939 bits per heavy atom. The zero-order valence-corrected chi connectivity index (χ0v) is 18.8. The van der Waals surface area contributed by atoms with Gasteiger partial charge < -0.3 is 10.6 Å². The number of rotatable bonds is 8. The quantitative estimate of drug-likeness (QED) is 0.333. The van der Waals surface area contributed by atoms with E-state index in [4.69, 9.17) is 0 Å². The van der Waals surface area contributed by atoms with Crippen molar-refractivity contribution < 1.29 is 9.59 Å². The van der Waals surface area contributed by atoms with Crippen LogP contribution in [0.3, 0.4) is 0 Å². The number of carbonyl (C=O) groups excluding carboxylic acids is 2. The van der Waals surface area contributed by atoms with Crippen molar-refractivity contribution >= 4 is 29.3 Å². The molecule has 1 unspecified atom stereocenters. The van der Waals surface area contributed by atoms with E-state index in [0.717, 1.165) is 11.1 Å². The van der Waals surface area contributed by atoms with E-state index >= 15 is 0 Å². The van der Waals surface area contributed by atoms with E-state index in [1.54, 1.807) is 24.3 Å². The van der Waals surface area contributed by atoms with Gasteiger partial charge >= 0.3 is 0 Å². The summed E-state index contributed by atoms with van der Waals surface area (Å²) >= 11 is 1.22. The molecule has 8 heteroatoms. The van der Waals surface area contributed by atoms with Gasteiger partial charge in [-0.1, -0.05) is 84.6 Å². The second kappa shape index (κ2) is 10.6. The van der Waals surface area contributed by atoms with Crippen molar-refractivity contribution in [1.29, 1.82) is 0 Å². The molecule has 1 heterocycles. The fourth-order valence-electron chi connectivity index (χ4n) is 3.24. The van der Waals surface area contributed by atoms with Gasteiger partial charge in [0.25, 0.3) is 5.91 Å². The molecule has 0 saturated carbocycles. The molecule has 0 radical (unpaired) electrons. The van der Waals surface area contributed by atoms with Gasteiger partial charge in [0, 0.05) is 5.56 Å². The number of nitrogens with one attached hydrogen (secondary N) is 3. The van der Waals surface area contributed by atoms with Crippen molar-refractivity contribution in [1.82, 2.24) is 20.5 Å².